The molecule has 0 aliphatic carbocycles. The third-order valence-corrected chi connectivity index (χ3v) is 6.91. The Morgan fingerprint density at radius 1 is 1.05 bits per heavy atom. The van der Waals surface area contributed by atoms with Crippen LogP contribution in [0.3, 0.4) is 0 Å². The van der Waals surface area contributed by atoms with Crippen molar-refractivity contribution in [1.82, 2.24) is 24.9 Å². The highest BCUT2D eigenvalue weighted by molar-refractivity contribution is 7.89. The van der Waals surface area contributed by atoms with Gasteiger partial charge in [0.1, 0.15) is 23.6 Å². The number of hydrogen-bond acceptors (Lipinski definition) is 9. The molecule has 0 aliphatic rings. The number of anilines is 2. The number of hydrogen-bond donors (Lipinski definition) is 3. The van der Waals surface area contributed by atoms with Gasteiger partial charge in [0.15, 0.2) is 5.65 Å². The lowest BCUT2D eigenvalue weighted by Gasteiger charge is -2.12. The number of rotatable bonds is 6. The molecular weight excluding hydrogens is 520 g/mol. The first kappa shape index (κ1) is 26.0. The quantitative estimate of drug-likeness (QED) is 0.288. The predicted molar refractivity (Wildman–Crippen MR) is 145 cm³/mol. The highest BCUT2D eigenvalue weighted by atomic mass is 32.2. The number of nitrogens with zero attached hydrogens (tertiary/aromatic N) is 5. The predicted octanol–water partition coefficient (Wildman–Crippen LogP) is 3.18. The summed E-state index contributed by atoms with van der Waals surface area (Å²) in [6.45, 7) is 6.03. The van der Waals surface area contributed by atoms with E-state index in [0.29, 0.717) is 45.1 Å². The second-order valence-corrected chi connectivity index (χ2v) is 11.6. The van der Waals surface area contributed by atoms with E-state index in [1.165, 1.54) is 18.5 Å². The molecule has 0 fully saturated rings. The molecule has 5 rings (SSSR count). The number of carbonyl (C=O) groups excluding carboxylic acids is 1. The number of fused-ring (bicyclic) bond motifs is 1. The van der Waals surface area contributed by atoms with Gasteiger partial charge in [-0.05, 0) is 36.4 Å². The van der Waals surface area contributed by atoms with Crippen LogP contribution in [0.4, 0.5) is 11.5 Å². The van der Waals surface area contributed by atoms with Gasteiger partial charge in [0.2, 0.25) is 15.9 Å². The molecule has 0 bridgehead atoms. The van der Waals surface area contributed by atoms with E-state index in [1.807, 2.05) is 20.8 Å². The van der Waals surface area contributed by atoms with E-state index < -0.39 is 10.0 Å². The molecule has 0 saturated carbocycles. The molecule has 5 aromatic rings. The Morgan fingerprint density at radius 2 is 1.74 bits per heavy atom. The fourth-order valence-electron chi connectivity index (χ4n) is 3.96. The highest BCUT2D eigenvalue weighted by Crippen LogP contribution is 2.32. The fraction of sp³-hybridized carbons (Fsp3) is 0.192. The smallest absolute Gasteiger partial charge is 0.238 e. The van der Waals surface area contributed by atoms with Crippen LogP contribution in [0.1, 0.15) is 32.2 Å². The summed E-state index contributed by atoms with van der Waals surface area (Å²) >= 11 is 0. The van der Waals surface area contributed by atoms with Crippen LogP contribution in [0.15, 0.2) is 70.3 Å². The molecule has 2 aromatic carbocycles. The molecule has 0 atom stereocenters. The second-order valence-electron chi connectivity index (χ2n) is 9.99. The molecule has 0 spiro atoms. The SMILES string of the molecule is CC(C)(C)c1cc(CC(=O)Nc2ccc(-n3nc(-c4ccc(S(N)(=O)=O)cc4)c4c(N)ncnc43)cc2)no1. The molecule has 0 unspecified atom stereocenters. The zero-order valence-corrected chi connectivity index (χ0v) is 22.2. The minimum Gasteiger partial charge on any atom is -0.383 e. The van der Waals surface area contributed by atoms with Crippen molar-refractivity contribution in [2.75, 3.05) is 11.1 Å². The van der Waals surface area contributed by atoms with Crippen molar-refractivity contribution in [3.05, 3.63) is 72.4 Å². The normalized spacial score (nSPS) is 12.1. The Labute approximate surface area is 224 Å². The van der Waals surface area contributed by atoms with E-state index in [0.717, 1.165) is 0 Å². The lowest BCUT2D eigenvalue weighted by Crippen LogP contribution is -2.14. The van der Waals surface area contributed by atoms with Gasteiger partial charge in [-0.2, -0.15) is 5.10 Å². The third-order valence-electron chi connectivity index (χ3n) is 5.99. The van der Waals surface area contributed by atoms with E-state index in [1.54, 1.807) is 47.1 Å². The van der Waals surface area contributed by atoms with Gasteiger partial charge in [-0.1, -0.05) is 38.1 Å². The minimum atomic E-state index is -3.84. The maximum absolute atomic E-state index is 12.6. The van der Waals surface area contributed by atoms with Gasteiger partial charge in [-0.25, -0.2) is 28.2 Å². The van der Waals surface area contributed by atoms with Crippen molar-refractivity contribution in [2.24, 2.45) is 5.14 Å². The molecule has 12 nitrogen and oxygen atoms in total. The summed E-state index contributed by atoms with van der Waals surface area (Å²) in [6.07, 6.45) is 1.42. The molecule has 0 aliphatic heterocycles. The summed E-state index contributed by atoms with van der Waals surface area (Å²) in [5, 5.41) is 17.3. The number of sulfonamides is 1. The Kier molecular flexibility index (Phi) is 6.40. The summed E-state index contributed by atoms with van der Waals surface area (Å²) in [5.74, 6) is 0.709. The molecule has 5 N–H and O–H groups in total. The van der Waals surface area contributed by atoms with Gasteiger partial charge in [0.25, 0.3) is 0 Å². The number of carbonyl (C=O) groups is 1. The summed E-state index contributed by atoms with van der Waals surface area (Å²) < 4.78 is 30.2. The first-order valence-corrected chi connectivity index (χ1v) is 13.4. The summed E-state index contributed by atoms with van der Waals surface area (Å²) in [6, 6.07) is 14.8. The van der Waals surface area contributed by atoms with Crippen LogP contribution in [0, 0.1) is 0 Å². The van der Waals surface area contributed by atoms with E-state index >= 15 is 0 Å². The maximum Gasteiger partial charge on any atom is 0.238 e. The average molecular weight is 547 g/mol. The lowest BCUT2D eigenvalue weighted by atomic mass is 9.93. The van der Waals surface area contributed by atoms with E-state index in [9.17, 15) is 13.2 Å². The third kappa shape index (κ3) is 5.35. The van der Waals surface area contributed by atoms with Crippen molar-refractivity contribution >= 4 is 38.5 Å². The fourth-order valence-corrected chi connectivity index (χ4v) is 4.48. The molecule has 0 saturated heterocycles. The summed E-state index contributed by atoms with van der Waals surface area (Å²) in [7, 11) is -3.84. The number of nitrogens with two attached hydrogens (primary N) is 2. The van der Waals surface area contributed by atoms with Crippen molar-refractivity contribution in [3.63, 3.8) is 0 Å². The van der Waals surface area contributed by atoms with Crippen LogP contribution in [-0.4, -0.2) is 39.2 Å². The van der Waals surface area contributed by atoms with Gasteiger partial charge in [0, 0.05) is 22.7 Å². The van der Waals surface area contributed by atoms with E-state index in [2.05, 4.69) is 20.4 Å². The average Bonchev–Trinajstić information content (AvgIpc) is 3.50. The lowest BCUT2D eigenvalue weighted by molar-refractivity contribution is -0.115. The number of amides is 1. The van der Waals surface area contributed by atoms with Crippen molar-refractivity contribution in [2.45, 2.75) is 37.5 Å². The van der Waals surface area contributed by atoms with Crippen molar-refractivity contribution in [3.8, 4) is 16.9 Å². The molecule has 1 amide bonds. The van der Waals surface area contributed by atoms with Crippen LogP contribution in [-0.2, 0) is 26.7 Å². The number of nitrogens with one attached hydrogen (secondary N) is 1. The van der Waals surface area contributed by atoms with Gasteiger partial charge in [-0.3, -0.25) is 4.79 Å². The Balaban J connectivity index is 1.40. The molecule has 13 heteroatoms. The molecule has 0 radical (unpaired) electrons. The first-order chi connectivity index (χ1) is 18.4. The Bertz CT molecular complexity index is 1780. The van der Waals surface area contributed by atoms with Crippen LogP contribution < -0.4 is 16.2 Å². The molecular formula is C26H26N8O4S. The van der Waals surface area contributed by atoms with Crippen molar-refractivity contribution in [1.29, 1.82) is 0 Å². The number of primary sulfonamides is 1. The highest BCUT2D eigenvalue weighted by Gasteiger charge is 2.21. The first-order valence-electron chi connectivity index (χ1n) is 11.9. The summed E-state index contributed by atoms with van der Waals surface area (Å²) in [5.41, 5.74) is 9.33. The standard InChI is InChI=1S/C26H26N8O4S/c1-26(2,3)20-12-17(33-38-20)13-21(35)31-16-6-8-18(9-7-16)34-25-22(24(27)29-14-30-25)23(32-34)15-4-10-19(11-5-15)39(28,36)37/h4-12,14H,13H2,1-3H3,(H,31,35)(H2,27,29,30)(H2,28,36,37). The minimum absolute atomic E-state index is 0.0185. The summed E-state index contributed by atoms with van der Waals surface area (Å²) in [4.78, 5) is 21.0. The second kappa shape index (κ2) is 9.60. The largest absolute Gasteiger partial charge is 0.383 e. The Morgan fingerprint density at radius 3 is 2.36 bits per heavy atom. The van der Waals surface area contributed by atoms with Gasteiger partial charge < -0.3 is 15.6 Å². The zero-order chi connectivity index (χ0) is 27.9. The number of nitrogen functional groups attached to an aromatic ring is 1. The van der Waals surface area contributed by atoms with Gasteiger partial charge >= 0.3 is 0 Å². The van der Waals surface area contributed by atoms with E-state index in [-0.39, 0.29) is 28.5 Å². The maximum atomic E-state index is 12.6. The zero-order valence-electron chi connectivity index (χ0n) is 21.4. The van der Waals surface area contributed by atoms with Crippen molar-refractivity contribution < 1.29 is 17.7 Å². The Hall–Kier alpha value is -4.62. The molecule has 200 valence electrons. The molecule has 3 heterocycles. The topological polar surface area (TPSA) is 185 Å². The van der Waals surface area contributed by atoms with Crippen LogP contribution in [0.25, 0.3) is 28.0 Å². The van der Waals surface area contributed by atoms with Gasteiger partial charge in [-0.15, -0.1) is 0 Å². The molecule has 39 heavy (non-hydrogen) atoms. The monoisotopic (exact) mass is 546 g/mol. The molecule has 3 aromatic heterocycles. The number of benzene rings is 2. The van der Waals surface area contributed by atoms with E-state index in [4.69, 9.17) is 20.5 Å². The van der Waals surface area contributed by atoms with Crippen LogP contribution >= 0.6 is 0 Å². The van der Waals surface area contributed by atoms with Gasteiger partial charge in [0.05, 0.1) is 28.1 Å². The number of aromatic nitrogens is 5. The van der Waals surface area contributed by atoms with Crippen LogP contribution in [0.5, 0.6) is 0 Å². The van der Waals surface area contributed by atoms with Crippen LogP contribution in [0.2, 0.25) is 0 Å².